The predicted octanol–water partition coefficient (Wildman–Crippen LogP) is 0.389. The van der Waals surface area contributed by atoms with Crippen molar-refractivity contribution in [1.29, 1.82) is 0 Å². The Hall–Kier alpha value is -1.83. The fourth-order valence-electron chi connectivity index (χ4n) is 1.25. The van der Waals surface area contributed by atoms with Crippen molar-refractivity contribution < 1.29 is 0 Å². The number of aromatic amines is 1. The highest BCUT2D eigenvalue weighted by atomic mass is 32.1. The third-order valence-corrected chi connectivity index (χ3v) is 2.69. The average Bonchev–Trinajstić information content (AvgIpc) is 2.63. The largest absolute Gasteiger partial charge is 0.368 e. The molecule has 0 bridgehead atoms. The number of H-pyrrole nitrogens is 1. The number of nitrogens with zero attached hydrogens (tertiary/aromatic N) is 4. The topological polar surface area (TPSA) is 110 Å². The van der Waals surface area contributed by atoms with Gasteiger partial charge in [0.25, 0.3) is 0 Å². The first kappa shape index (κ1) is 10.7. The van der Waals surface area contributed by atoms with E-state index in [2.05, 4.69) is 24.5 Å². The number of nitrogens with one attached hydrogen (secondary N) is 1. The fourth-order valence-corrected chi connectivity index (χ4v) is 2.01. The van der Waals surface area contributed by atoms with Gasteiger partial charge in [-0.05, 0) is 17.5 Å². The molecule has 2 heterocycles. The van der Waals surface area contributed by atoms with Gasteiger partial charge in [-0.3, -0.25) is 4.98 Å². The Kier molecular flexibility index (Phi) is 2.65. The van der Waals surface area contributed by atoms with Gasteiger partial charge in [0.1, 0.15) is 4.88 Å². The van der Waals surface area contributed by atoms with Gasteiger partial charge < -0.3 is 5.73 Å². The van der Waals surface area contributed by atoms with Gasteiger partial charge in [0.05, 0.1) is 5.69 Å². The molecule has 7 nitrogen and oxygen atoms in total. The van der Waals surface area contributed by atoms with Gasteiger partial charge in [-0.2, -0.15) is 9.97 Å². The van der Waals surface area contributed by atoms with E-state index < -0.39 is 5.69 Å². The average molecular weight is 238 g/mol. The molecule has 0 aromatic carbocycles. The molecule has 0 aliphatic carbocycles. The Labute approximate surface area is 94.9 Å². The first-order valence-electron chi connectivity index (χ1n) is 4.64. The molecule has 0 aliphatic rings. The van der Waals surface area contributed by atoms with E-state index in [0.29, 0.717) is 5.82 Å². The first-order valence-corrected chi connectivity index (χ1v) is 5.41. The van der Waals surface area contributed by atoms with Crippen molar-refractivity contribution in [2.24, 2.45) is 0 Å². The van der Waals surface area contributed by atoms with E-state index in [-0.39, 0.29) is 11.9 Å². The third-order valence-electron chi connectivity index (χ3n) is 1.94. The first-order chi connectivity index (χ1) is 7.58. The summed E-state index contributed by atoms with van der Waals surface area (Å²) in [6.45, 7) is 3.98. The summed E-state index contributed by atoms with van der Waals surface area (Å²) in [6.07, 6.45) is 0. The summed E-state index contributed by atoms with van der Waals surface area (Å²) >= 11 is 1.17. The van der Waals surface area contributed by atoms with E-state index in [4.69, 9.17) is 5.73 Å². The number of nitrogen functional groups attached to an aromatic ring is 1. The quantitative estimate of drug-likeness (QED) is 0.783. The Bertz CT molecular complexity index is 560. The second-order valence-corrected chi connectivity index (χ2v) is 4.26. The highest BCUT2D eigenvalue weighted by Crippen LogP contribution is 2.27. The molecule has 2 rings (SSSR count). The van der Waals surface area contributed by atoms with Crippen molar-refractivity contribution in [2.75, 3.05) is 5.73 Å². The molecule has 0 atom stereocenters. The number of nitrogens with two attached hydrogens (primary N) is 1. The van der Waals surface area contributed by atoms with E-state index in [1.54, 1.807) is 0 Å². The molecule has 16 heavy (non-hydrogen) atoms. The number of aromatic nitrogens is 5. The summed E-state index contributed by atoms with van der Waals surface area (Å²) in [5.41, 5.74) is 5.68. The second-order valence-electron chi connectivity index (χ2n) is 3.50. The van der Waals surface area contributed by atoms with Crippen LogP contribution < -0.4 is 11.4 Å². The molecule has 2 aromatic rings. The van der Waals surface area contributed by atoms with Gasteiger partial charge in [0.2, 0.25) is 5.95 Å². The zero-order valence-corrected chi connectivity index (χ0v) is 9.58. The second kappa shape index (κ2) is 3.97. The minimum absolute atomic E-state index is 0.0538. The maximum absolute atomic E-state index is 11.2. The summed E-state index contributed by atoms with van der Waals surface area (Å²) in [5.74, 6) is 0.520. The molecule has 0 amide bonds. The molecule has 84 valence electrons. The minimum atomic E-state index is -0.523. The van der Waals surface area contributed by atoms with E-state index in [1.165, 1.54) is 11.5 Å². The van der Waals surface area contributed by atoms with E-state index in [1.807, 2.05) is 13.8 Å². The molecule has 2 aromatic heterocycles. The van der Waals surface area contributed by atoms with Crippen LogP contribution >= 0.6 is 11.5 Å². The van der Waals surface area contributed by atoms with Crippen LogP contribution in [0.3, 0.4) is 0 Å². The molecule has 3 N–H and O–H groups in total. The standard InChI is InChI=1S/C8H10N6OS/c1-3(2)4-5(16-14-13-4)6-10-7(9)12-8(15)11-6/h3H,1-2H3,(H3,9,10,11,12,15). The summed E-state index contributed by atoms with van der Waals surface area (Å²) in [6, 6.07) is 0. The number of anilines is 1. The number of hydrogen-bond donors (Lipinski definition) is 2. The van der Waals surface area contributed by atoms with Crippen molar-refractivity contribution in [1.82, 2.24) is 24.5 Å². The lowest BCUT2D eigenvalue weighted by molar-refractivity contribution is 0.811. The fraction of sp³-hybridized carbons (Fsp3) is 0.375. The molecule has 0 fully saturated rings. The van der Waals surface area contributed by atoms with Gasteiger partial charge in [-0.15, -0.1) is 5.10 Å². The molecular weight excluding hydrogens is 228 g/mol. The van der Waals surface area contributed by atoms with Crippen molar-refractivity contribution in [3.8, 4) is 10.7 Å². The van der Waals surface area contributed by atoms with Crippen LogP contribution in [-0.4, -0.2) is 24.5 Å². The van der Waals surface area contributed by atoms with Crippen LogP contribution in [0.2, 0.25) is 0 Å². The smallest absolute Gasteiger partial charge is 0.349 e. The van der Waals surface area contributed by atoms with Crippen LogP contribution in [0.15, 0.2) is 4.79 Å². The Morgan fingerprint density at radius 1 is 1.38 bits per heavy atom. The SMILES string of the molecule is CC(C)c1nnsc1-c1nc(N)nc(=O)[nH]1. The van der Waals surface area contributed by atoms with Gasteiger partial charge in [-0.1, -0.05) is 18.3 Å². The maximum atomic E-state index is 11.2. The van der Waals surface area contributed by atoms with Crippen LogP contribution in [-0.2, 0) is 0 Å². The van der Waals surface area contributed by atoms with E-state index >= 15 is 0 Å². The van der Waals surface area contributed by atoms with Crippen LogP contribution in [0.25, 0.3) is 10.7 Å². The van der Waals surface area contributed by atoms with Crippen molar-refractivity contribution in [3.05, 3.63) is 16.2 Å². The Balaban J connectivity index is 2.58. The predicted molar refractivity (Wildman–Crippen MR) is 60.1 cm³/mol. The third kappa shape index (κ3) is 1.91. The molecule has 0 saturated heterocycles. The number of rotatable bonds is 2. The lowest BCUT2D eigenvalue weighted by atomic mass is 10.1. The normalized spacial score (nSPS) is 10.9. The molecule has 0 aliphatic heterocycles. The van der Waals surface area contributed by atoms with Crippen LogP contribution in [0.1, 0.15) is 25.5 Å². The molecular formula is C8H10N6OS. The summed E-state index contributed by atoms with van der Waals surface area (Å²) < 4.78 is 3.85. The van der Waals surface area contributed by atoms with Crippen LogP contribution in [0, 0.1) is 0 Å². The Morgan fingerprint density at radius 2 is 2.12 bits per heavy atom. The van der Waals surface area contributed by atoms with Crippen molar-refractivity contribution in [2.45, 2.75) is 19.8 Å². The number of hydrogen-bond acceptors (Lipinski definition) is 7. The summed E-state index contributed by atoms with van der Waals surface area (Å²) in [7, 11) is 0. The molecule has 8 heteroatoms. The van der Waals surface area contributed by atoms with Gasteiger partial charge >= 0.3 is 5.69 Å². The van der Waals surface area contributed by atoms with Gasteiger partial charge in [0.15, 0.2) is 5.82 Å². The lowest BCUT2D eigenvalue weighted by Gasteiger charge is -2.02. The van der Waals surface area contributed by atoms with Crippen LogP contribution in [0.4, 0.5) is 5.95 Å². The van der Waals surface area contributed by atoms with Crippen LogP contribution in [0.5, 0.6) is 0 Å². The highest BCUT2D eigenvalue weighted by molar-refractivity contribution is 7.09. The maximum Gasteiger partial charge on any atom is 0.349 e. The zero-order chi connectivity index (χ0) is 11.7. The monoisotopic (exact) mass is 238 g/mol. The molecule has 0 unspecified atom stereocenters. The Morgan fingerprint density at radius 3 is 2.75 bits per heavy atom. The van der Waals surface area contributed by atoms with E-state index in [0.717, 1.165) is 10.6 Å². The minimum Gasteiger partial charge on any atom is -0.368 e. The highest BCUT2D eigenvalue weighted by Gasteiger charge is 2.16. The molecule has 0 spiro atoms. The summed E-state index contributed by atoms with van der Waals surface area (Å²) in [4.78, 5) is 21.8. The van der Waals surface area contributed by atoms with E-state index in [9.17, 15) is 4.79 Å². The zero-order valence-electron chi connectivity index (χ0n) is 8.76. The van der Waals surface area contributed by atoms with Gasteiger partial charge in [-0.25, -0.2) is 4.79 Å². The van der Waals surface area contributed by atoms with Gasteiger partial charge in [0, 0.05) is 0 Å². The molecule has 0 radical (unpaired) electrons. The summed E-state index contributed by atoms with van der Waals surface area (Å²) in [5, 5.41) is 4.00. The van der Waals surface area contributed by atoms with Crippen molar-refractivity contribution in [3.63, 3.8) is 0 Å². The molecule has 0 saturated carbocycles. The van der Waals surface area contributed by atoms with Crippen molar-refractivity contribution >= 4 is 17.5 Å². The lowest BCUT2D eigenvalue weighted by Crippen LogP contribution is -2.15.